The molecule has 0 spiro atoms. The summed E-state index contributed by atoms with van der Waals surface area (Å²) in [5, 5.41) is 5.09. The number of thiocarbonyl (C=S) groups is 1. The van der Waals surface area contributed by atoms with Gasteiger partial charge in [0, 0.05) is 44.4 Å². The summed E-state index contributed by atoms with van der Waals surface area (Å²) in [6, 6.07) is 7.68. The summed E-state index contributed by atoms with van der Waals surface area (Å²) in [5.41, 5.74) is 1.37. The number of ether oxygens (including phenoxy) is 2. The maximum absolute atomic E-state index is 12.9. The lowest BCUT2D eigenvalue weighted by Gasteiger charge is -2.31. The number of morpholine rings is 1. The number of nitrogens with one attached hydrogen (secondary N) is 2. The van der Waals surface area contributed by atoms with Gasteiger partial charge in [-0.15, -0.1) is 0 Å². The van der Waals surface area contributed by atoms with Gasteiger partial charge in [-0.05, 0) is 61.9 Å². The van der Waals surface area contributed by atoms with Gasteiger partial charge in [0.25, 0.3) is 5.56 Å². The van der Waals surface area contributed by atoms with E-state index >= 15 is 0 Å². The molecule has 0 unspecified atom stereocenters. The van der Waals surface area contributed by atoms with Crippen LogP contribution in [-0.4, -0.2) is 97.5 Å². The Labute approximate surface area is 208 Å². The van der Waals surface area contributed by atoms with Gasteiger partial charge in [-0.25, -0.2) is 0 Å². The van der Waals surface area contributed by atoms with Gasteiger partial charge in [0.1, 0.15) is 5.75 Å². The minimum absolute atomic E-state index is 0.0959. The van der Waals surface area contributed by atoms with Crippen LogP contribution in [0.1, 0.15) is 25.8 Å². The van der Waals surface area contributed by atoms with Gasteiger partial charge in [0.2, 0.25) is 0 Å². The first kappa shape index (κ1) is 26.4. The van der Waals surface area contributed by atoms with Crippen molar-refractivity contribution in [2.24, 2.45) is 0 Å². The summed E-state index contributed by atoms with van der Waals surface area (Å²) < 4.78 is 10.8. The van der Waals surface area contributed by atoms with E-state index in [0.29, 0.717) is 17.2 Å². The highest BCUT2D eigenvalue weighted by atomic mass is 32.1. The molecule has 188 valence electrons. The Bertz CT molecular complexity index is 973. The maximum Gasteiger partial charge on any atom is 0.253 e. The normalized spacial score (nSPS) is 14.5. The van der Waals surface area contributed by atoms with Gasteiger partial charge in [-0.2, -0.15) is 0 Å². The number of hydrogen-bond donors (Lipinski definition) is 2. The van der Waals surface area contributed by atoms with Crippen LogP contribution in [0.5, 0.6) is 5.75 Å². The summed E-state index contributed by atoms with van der Waals surface area (Å²) in [5.74, 6) is 0.720. The largest absolute Gasteiger partial charge is 0.497 e. The van der Waals surface area contributed by atoms with Crippen molar-refractivity contribution in [2.45, 2.75) is 26.8 Å². The first-order chi connectivity index (χ1) is 16.5. The van der Waals surface area contributed by atoms with E-state index in [1.165, 1.54) is 0 Å². The van der Waals surface area contributed by atoms with Crippen LogP contribution in [0.25, 0.3) is 10.9 Å². The van der Waals surface area contributed by atoms with Crippen molar-refractivity contribution in [2.75, 3.05) is 72.7 Å². The second-order valence-electron chi connectivity index (χ2n) is 8.56. The average molecular weight is 490 g/mol. The zero-order chi connectivity index (χ0) is 24.3. The first-order valence-corrected chi connectivity index (χ1v) is 12.7. The monoisotopic (exact) mass is 489 g/mol. The summed E-state index contributed by atoms with van der Waals surface area (Å²) >= 11 is 5.78. The number of rotatable bonds is 12. The van der Waals surface area contributed by atoms with Gasteiger partial charge in [0.05, 0.1) is 32.4 Å². The second-order valence-corrected chi connectivity index (χ2v) is 8.95. The molecule has 2 N–H and O–H groups in total. The number of nitrogens with zero attached hydrogens (tertiary/aromatic N) is 3. The van der Waals surface area contributed by atoms with Crippen LogP contribution in [0.3, 0.4) is 0 Å². The molecule has 0 amide bonds. The molecular formula is C25H39N5O3S. The predicted octanol–water partition coefficient (Wildman–Crippen LogP) is 2.28. The second kappa shape index (κ2) is 13.6. The number of hydrogen-bond acceptors (Lipinski definition) is 6. The van der Waals surface area contributed by atoms with E-state index < -0.39 is 0 Å². The van der Waals surface area contributed by atoms with Crippen LogP contribution in [0.2, 0.25) is 0 Å². The maximum atomic E-state index is 12.9. The molecule has 0 aliphatic carbocycles. The summed E-state index contributed by atoms with van der Waals surface area (Å²) in [6.07, 6.45) is 1.03. The lowest BCUT2D eigenvalue weighted by atomic mass is 10.1. The van der Waals surface area contributed by atoms with Gasteiger partial charge in [-0.1, -0.05) is 13.8 Å². The highest BCUT2D eigenvalue weighted by Gasteiger charge is 2.17. The lowest BCUT2D eigenvalue weighted by molar-refractivity contribution is 0.0357. The van der Waals surface area contributed by atoms with Crippen molar-refractivity contribution < 1.29 is 9.47 Å². The molecule has 8 nitrogen and oxygen atoms in total. The van der Waals surface area contributed by atoms with E-state index in [1.54, 1.807) is 7.11 Å². The third kappa shape index (κ3) is 7.66. The number of aromatic nitrogens is 1. The van der Waals surface area contributed by atoms with E-state index in [9.17, 15) is 4.79 Å². The molecule has 1 aliphatic heterocycles. The number of benzene rings is 1. The molecule has 3 rings (SSSR count). The van der Waals surface area contributed by atoms with Gasteiger partial charge >= 0.3 is 0 Å². The molecule has 1 aromatic heterocycles. The van der Waals surface area contributed by atoms with Crippen LogP contribution >= 0.6 is 12.2 Å². The molecule has 1 fully saturated rings. The fourth-order valence-electron chi connectivity index (χ4n) is 4.16. The van der Waals surface area contributed by atoms with E-state index in [1.807, 2.05) is 24.3 Å². The van der Waals surface area contributed by atoms with E-state index in [4.69, 9.17) is 21.7 Å². The Kier molecular flexibility index (Phi) is 10.6. The molecule has 0 bridgehead atoms. The number of aromatic amines is 1. The number of H-pyrrole nitrogens is 1. The third-order valence-corrected chi connectivity index (χ3v) is 6.79. The van der Waals surface area contributed by atoms with Crippen LogP contribution in [0.4, 0.5) is 0 Å². The molecule has 2 aromatic rings. The average Bonchev–Trinajstić information content (AvgIpc) is 2.87. The zero-order valence-corrected chi connectivity index (χ0v) is 21.6. The Morgan fingerprint density at radius 2 is 1.97 bits per heavy atom. The molecule has 1 aromatic carbocycles. The number of pyridine rings is 1. The topological polar surface area (TPSA) is 73.1 Å². The van der Waals surface area contributed by atoms with Gasteiger partial charge in [-0.3, -0.25) is 9.69 Å². The highest BCUT2D eigenvalue weighted by molar-refractivity contribution is 7.80. The molecule has 34 heavy (non-hydrogen) atoms. The minimum Gasteiger partial charge on any atom is -0.497 e. The molecule has 9 heteroatoms. The first-order valence-electron chi connectivity index (χ1n) is 12.3. The predicted molar refractivity (Wildman–Crippen MR) is 142 cm³/mol. The lowest BCUT2D eigenvalue weighted by Crippen LogP contribution is -2.46. The van der Waals surface area contributed by atoms with E-state index in [2.05, 4.69) is 38.8 Å². The molecular weight excluding hydrogens is 450 g/mol. The van der Waals surface area contributed by atoms with Crippen LogP contribution in [-0.2, 0) is 11.3 Å². The molecule has 1 saturated heterocycles. The van der Waals surface area contributed by atoms with Crippen molar-refractivity contribution in [3.8, 4) is 5.75 Å². The standard InChI is InChI=1S/C25H39N5O3S/c1-4-28(5-2)10-6-9-26-25(34)30(12-11-29-13-15-33-16-14-29)19-21-17-20-7-8-22(32-3)18-23(20)27-24(21)31/h7-8,17-18H,4-6,9-16,19H2,1-3H3,(H,26,34)(H,27,31). The van der Waals surface area contributed by atoms with Crippen molar-refractivity contribution in [1.82, 2.24) is 25.0 Å². The minimum atomic E-state index is -0.0959. The molecule has 0 saturated carbocycles. The SMILES string of the molecule is CCN(CC)CCCNC(=S)N(CCN1CCOCC1)Cc1cc2ccc(OC)cc2[nH]c1=O. The number of fused-ring (bicyclic) bond motifs is 1. The van der Waals surface area contributed by atoms with Gasteiger partial charge in [0.15, 0.2) is 5.11 Å². The van der Waals surface area contributed by atoms with Crippen molar-refractivity contribution >= 4 is 28.2 Å². The summed E-state index contributed by atoms with van der Waals surface area (Å²) in [6.45, 7) is 13.8. The summed E-state index contributed by atoms with van der Waals surface area (Å²) in [4.78, 5) is 22.8. The Hall–Kier alpha value is -2.20. The Balaban J connectivity index is 1.68. The van der Waals surface area contributed by atoms with Crippen LogP contribution in [0, 0.1) is 0 Å². The number of methoxy groups -OCH3 is 1. The van der Waals surface area contributed by atoms with E-state index in [-0.39, 0.29) is 5.56 Å². The highest BCUT2D eigenvalue weighted by Crippen LogP contribution is 2.19. The van der Waals surface area contributed by atoms with Crippen molar-refractivity contribution in [3.05, 3.63) is 40.2 Å². The van der Waals surface area contributed by atoms with Crippen LogP contribution in [0.15, 0.2) is 29.1 Å². The molecule has 0 atom stereocenters. The van der Waals surface area contributed by atoms with Gasteiger partial charge < -0.3 is 29.6 Å². The quantitative estimate of drug-likeness (QED) is 0.348. The zero-order valence-electron chi connectivity index (χ0n) is 20.8. The van der Waals surface area contributed by atoms with Crippen LogP contribution < -0.4 is 15.6 Å². The van der Waals surface area contributed by atoms with Crippen molar-refractivity contribution in [3.63, 3.8) is 0 Å². The fourth-order valence-corrected chi connectivity index (χ4v) is 4.42. The molecule has 2 heterocycles. The molecule has 0 radical (unpaired) electrons. The smallest absolute Gasteiger partial charge is 0.253 e. The Morgan fingerprint density at radius 3 is 2.68 bits per heavy atom. The van der Waals surface area contributed by atoms with Crippen molar-refractivity contribution in [1.29, 1.82) is 0 Å². The summed E-state index contributed by atoms with van der Waals surface area (Å²) in [7, 11) is 1.62. The third-order valence-electron chi connectivity index (χ3n) is 6.39. The fraction of sp³-hybridized carbons (Fsp3) is 0.600. The van der Waals surface area contributed by atoms with E-state index in [0.717, 1.165) is 88.6 Å². The Morgan fingerprint density at radius 1 is 1.21 bits per heavy atom. The molecule has 1 aliphatic rings.